The molecular weight excluding hydrogens is 399 g/mol. The van der Waals surface area contributed by atoms with Gasteiger partial charge in [-0.1, -0.05) is 36.4 Å². The van der Waals surface area contributed by atoms with Crippen LogP contribution in [0.1, 0.15) is 36.3 Å². The number of hydrogen-bond acceptors (Lipinski definition) is 4. The van der Waals surface area contributed by atoms with Crippen molar-refractivity contribution in [2.24, 2.45) is 0 Å². The Labute approximate surface area is 172 Å². The number of carbonyl (C=O) groups is 1. The molecule has 0 aromatic heterocycles. The van der Waals surface area contributed by atoms with Gasteiger partial charge < -0.3 is 19.5 Å². The van der Waals surface area contributed by atoms with E-state index in [9.17, 15) is 18.0 Å². The fraction of sp³-hybridized carbons (Fsp3) is 0.409. The zero-order chi connectivity index (χ0) is 21.1. The van der Waals surface area contributed by atoms with Gasteiger partial charge in [-0.25, -0.2) is 18.0 Å². The molecule has 2 atom stereocenters. The quantitative estimate of drug-likeness (QED) is 0.743. The van der Waals surface area contributed by atoms with Crippen molar-refractivity contribution in [3.63, 3.8) is 0 Å². The van der Waals surface area contributed by atoms with Crippen LogP contribution in [0.25, 0.3) is 0 Å². The summed E-state index contributed by atoms with van der Waals surface area (Å²) in [5.41, 5.74) is 0.864. The highest BCUT2D eigenvalue weighted by Gasteiger charge is 2.48. The maximum atomic E-state index is 14.5. The van der Waals surface area contributed by atoms with Crippen molar-refractivity contribution in [3.8, 4) is 0 Å². The van der Waals surface area contributed by atoms with E-state index in [0.29, 0.717) is 26.1 Å². The maximum absolute atomic E-state index is 14.5. The van der Waals surface area contributed by atoms with Crippen molar-refractivity contribution in [2.45, 2.75) is 43.6 Å². The maximum Gasteiger partial charge on any atom is 0.407 e. The third kappa shape index (κ3) is 4.29. The second-order valence-corrected chi connectivity index (χ2v) is 7.50. The van der Waals surface area contributed by atoms with E-state index < -0.39 is 41.4 Å². The highest BCUT2D eigenvalue weighted by Crippen LogP contribution is 2.44. The first kappa shape index (κ1) is 20.7. The van der Waals surface area contributed by atoms with Gasteiger partial charge in [-0.15, -0.1) is 0 Å². The lowest BCUT2D eigenvalue weighted by atomic mass is 9.78. The first-order chi connectivity index (χ1) is 14.5. The van der Waals surface area contributed by atoms with E-state index >= 15 is 0 Å². The lowest BCUT2D eigenvalue weighted by Gasteiger charge is -2.40. The summed E-state index contributed by atoms with van der Waals surface area (Å²) in [4.78, 5) is 12.4. The molecule has 5 nitrogen and oxygen atoms in total. The van der Waals surface area contributed by atoms with Crippen LogP contribution in [-0.2, 0) is 20.8 Å². The molecule has 0 radical (unpaired) electrons. The second-order valence-electron chi connectivity index (χ2n) is 7.50. The highest BCUT2D eigenvalue weighted by molar-refractivity contribution is 5.67. The molecular formula is C22H22F3NO4. The van der Waals surface area contributed by atoms with E-state index in [-0.39, 0.29) is 18.5 Å². The monoisotopic (exact) mass is 421 g/mol. The molecule has 1 aliphatic carbocycles. The highest BCUT2D eigenvalue weighted by atomic mass is 19.2. The minimum atomic E-state index is -1.53. The van der Waals surface area contributed by atoms with Crippen molar-refractivity contribution >= 4 is 6.09 Å². The van der Waals surface area contributed by atoms with Gasteiger partial charge in [0.25, 0.3) is 0 Å². The van der Waals surface area contributed by atoms with Crippen LogP contribution in [0.2, 0.25) is 0 Å². The van der Waals surface area contributed by atoms with Crippen molar-refractivity contribution in [2.75, 3.05) is 13.2 Å². The molecule has 1 heterocycles. The summed E-state index contributed by atoms with van der Waals surface area (Å²) in [7, 11) is 0. The SMILES string of the molecule is O=C(NCc1ccccc1)O[C@H]1CC2(CC[C@@H]1c1ccc(F)c(F)c1F)OCCO2. The molecule has 0 bridgehead atoms. The van der Waals surface area contributed by atoms with Gasteiger partial charge in [0.15, 0.2) is 23.2 Å². The third-order valence-electron chi connectivity index (χ3n) is 5.61. The second kappa shape index (κ2) is 8.65. The van der Waals surface area contributed by atoms with E-state index in [2.05, 4.69) is 5.32 Å². The average Bonchev–Trinajstić information content (AvgIpc) is 3.20. The normalized spacial score (nSPS) is 22.8. The number of benzene rings is 2. The Bertz CT molecular complexity index is 903. The van der Waals surface area contributed by atoms with Crippen LogP contribution in [0.15, 0.2) is 42.5 Å². The van der Waals surface area contributed by atoms with E-state index in [1.54, 1.807) is 0 Å². The van der Waals surface area contributed by atoms with E-state index in [4.69, 9.17) is 14.2 Å². The summed E-state index contributed by atoms with van der Waals surface area (Å²) in [5.74, 6) is -5.61. The van der Waals surface area contributed by atoms with Crippen LogP contribution >= 0.6 is 0 Å². The number of halogens is 3. The predicted molar refractivity (Wildman–Crippen MR) is 101 cm³/mol. The topological polar surface area (TPSA) is 56.8 Å². The Morgan fingerprint density at radius 3 is 2.53 bits per heavy atom. The molecule has 30 heavy (non-hydrogen) atoms. The number of amides is 1. The molecule has 1 saturated heterocycles. The largest absolute Gasteiger partial charge is 0.445 e. The summed E-state index contributed by atoms with van der Waals surface area (Å²) in [6, 6.07) is 11.4. The molecule has 1 saturated carbocycles. The Morgan fingerprint density at radius 2 is 1.80 bits per heavy atom. The molecule has 8 heteroatoms. The number of rotatable bonds is 4. The van der Waals surface area contributed by atoms with Crippen LogP contribution in [-0.4, -0.2) is 31.2 Å². The van der Waals surface area contributed by atoms with E-state index in [1.807, 2.05) is 30.3 Å². The Morgan fingerprint density at radius 1 is 1.07 bits per heavy atom. The molecule has 1 aliphatic heterocycles. The molecule has 2 fully saturated rings. The molecule has 1 spiro atoms. The zero-order valence-electron chi connectivity index (χ0n) is 16.2. The van der Waals surface area contributed by atoms with Gasteiger partial charge in [-0.05, 0) is 23.6 Å². The zero-order valence-corrected chi connectivity index (χ0v) is 16.2. The van der Waals surface area contributed by atoms with Crippen LogP contribution in [0.5, 0.6) is 0 Å². The standard InChI is InChI=1S/C22H22F3NO4/c23-17-7-6-16(19(24)20(17)25)15-8-9-22(28-10-11-29-22)12-18(15)30-21(27)26-13-14-4-2-1-3-5-14/h1-7,15,18H,8-13H2,(H,26,27)/t15-,18+/m1/s1. The number of ether oxygens (including phenoxy) is 3. The minimum Gasteiger partial charge on any atom is -0.445 e. The van der Waals surface area contributed by atoms with E-state index in [1.165, 1.54) is 6.07 Å². The van der Waals surface area contributed by atoms with Crippen molar-refractivity contribution < 1.29 is 32.2 Å². The summed E-state index contributed by atoms with van der Waals surface area (Å²) in [6.45, 7) is 1.09. The smallest absolute Gasteiger partial charge is 0.407 e. The molecule has 1 amide bonds. The first-order valence-corrected chi connectivity index (χ1v) is 9.87. The van der Waals surface area contributed by atoms with Crippen LogP contribution in [0, 0.1) is 17.5 Å². The van der Waals surface area contributed by atoms with Gasteiger partial charge in [-0.3, -0.25) is 0 Å². The van der Waals surface area contributed by atoms with Crippen molar-refractivity contribution in [1.29, 1.82) is 0 Å². The fourth-order valence-corrected chi connectivity index (χ4v) is 4.13. The fourth-order valence-electron chi connectivity index (χ4n) is 4.13. The first-order valence-electron chi connectivity index (χ1n) is 9.87. The number of nitrogens with one attached hydrogen (secondary N) is 1. The summed E-state index contributed by atoms with van der Waals surface area (Å²) < 4.78 is 58.7. The number of carbonyl (C=O) groups excluding carboxylic acids is 1. The molecule has 4 rings (SSSR count). The summed E-state index contributed by atoms with van der Waals surface area (Å²) in [6.07, 6.45) is -0.575. The number of hydrogen-bond donors (Lipinski definition) is 1. The van der Waals surface area contributed by atoms with Gasteiger partial charge in [0, 0.05) is 25.3 Å². The average molecular weight is 421 g/mol. The predicted octanol–water partition coefficient (Wildman–Crippen LogP) is 4.41. The van der Waals surface area contributed by atoms with Crippen molar-refractivity contribution in [3.05, 3.63) is 71.0 Å². The number of alkyl carbamates (subject to hydrolysis) is 1. The van der Waals surface area contributed by atoms with Gasteiger partial charge in [0.2, 0.25) is 0 Å². The molecule has 2 aromatic carbocycles. The van der Waals surface area contributed by atoms with Crippen LogP contribution in [0.3, 0.4) is 0 Å². The Hall–Kier alpha value is -2.58. The van der Waals surface area contributed by atoms with Crippen LogP contribution < -0.4 is 5.32 Å². The van der Waals surface area contributed by atoms with Crippen LogP contribution in [0.4, 0.5) is 18.0 Å². The molecule has 0 unspecified atom stereocenters. The molecule has 1 N–H and O–H groups in total. The van der Waals surface area contributed by atoms with E-state index in [0.717, 1.165) is 11.6 Å². The molecule has 2 aromatic rings. The summed E-state index contributed by atoms with van der Waals surface area (Å²) in [5, 5.41) is 2.66. The van der Waals surface area contributed by atoms with Gasteiger partial charge in [-0.2, -0.15) is 0 Å². The third-order valence-corrected chi connectivity index (χ3v) is 5.61. The lowest BCUT2D eigenvalue weighted by molar-refractivity contribution is -0.199. The van der Waals surface area contributed by atoms with Gasteiger partial charge >= 0.3 is 6.09 Å². The van der Waals surface area contributed by atoms with Gasteiger partial charge in [0.05, 0.1) is 13.2 Å². The lowest BCUT2D eigenvalue weighted by Crippen LogP contribution is -2.45. The summed E-state index contributed by atoms with van der Waals surface area (Å²) >= 11 is 0. The van der Waals surface area contributed by atoms with Crippen molar-refractivity contribution in [1.82, 2.24) is 5.32 Å². The van der Waals surface area contributed by atoms with Gasteiger partial charge in [0.1, 0.15) is 6.10 Å². The Kier molecular flexibility index (Phi) is 5.97. The Balaban J connectivity index is 1.52. The minimum absolute atomic E-state index is 0.0254. The molecule has 160 valence electrons. The molecule has 2 aliphatic rings.